The number of piperidine rings is 1. The number of ether oxygens (including phenoxy) is 2. The number of amides is 2. The van der Waals surface area contributed by atoms with E-state index in [0.29, 0.717) is 18.6 Å². The Morgan fingerprint density at radius 3 is 2.57 bits per heavy atom. The van der Waals surface area contributed by atoms with Gasteiger partial charge in [-0.3, -0.25) is 4.90 Å². The smallest absolute Gasteiger partial charge is 0.317 e. The zero-order valence-electron chi connectivity index (χ0n) is 18.2. The van der Waals surface area contributed by atoms with Gasteiger partial charge >= 0.3 is 6.03 Å². The fourth-order valence-electron chi connectivity index (χ4n) is 4.86. The second kappa shape index (κ2) is 11.0. The first-order valence-electron chi connectivity index (χ1n) is 11.8. The third-order valence-corrected chi connectivity index (χ3v) is 6.72. The first-order valence-corrected chi connectivity index (χ1v) is 11.8. The Kier molecular flexibility index (Phi) is 7.87. The molecule has 6 heteroatoms. The SMILES string of the molecule is O=C(NCc1cccc(OC2CCCCC2)c1)N1CCC(CN2CCOCC2)CC1. The summed E-state index contributed by atoms with van der Waals surface area (Å²) in [7, 11) is 0. The fourth-order valence-corrected chi connectivity index (χ4v) is 4.86. The second-order valence-electron chi connectivity index (χ2n) is 9.03. The number of morpholine rings is 1. The van der Waals surface area contributed by atoms with E-state index >= 15 is 0 Å². The average Bonchev–Trinajstić information content (AvgIpc) is 2.80. The van der Waals surface area contributed by atoms with Crippen LogP contribution in [0.15, 0.2) is 24.3 Å². The minimum Gasteiger partial charge on any atom is -0.490 e. The van der Waals surface area contributed by atoms with Crippen molar-refractivity contribution in [2.24, 2.45) is 5.92 Å². The Bertz CT molecular complexity index is 663. The van der Waals surface area contributed by atoms with E-state index in [1.165, 1.54) is 19.3 Å². The lowest BCUT2D eigenvalue weighted by Crippen LogP contribution is -2.47. The van der Waals surface area contributed by atoms with Crippen LogP contribution in [-0.2, 0) is 11.3 Å². The molecule has 1 N–H and O–H groups in total. The molecule has 3 aliphatic rings. The molecule has 2 amide bonds. The Morgan fingerprint density at radius 2 is 1.80 bits per heavy atom. The highest BCUT2D eigenvalue weighted by atomic mass is 16.5. The summed E-state index contributed by atoms with van der Waals surface area (Å²) in [5, 5.41) is 3.10. The predicted molar refractivity (Wildman–Crippen MR) is 118 cm³/mol. The molecular formula is C24H37N3O3. The maximum atomic E-state index is 12.6. The van der Waals surface area contributed by atoms with E-state index in [1.54, 1.807) is 0 Å². The third-order valence-electron chi connectivity index (χ3n) is 6.72. The van der Waals surface area contributed by atoms with Gasteiger partial charge in [-0.25, -0.2) is 4.79 Å². The van der Waals surface area contributed by atoms with Crippen molar-refractivity contribution in [2.75, 3.05) is 45.9 Å². The minimum atomic E-state index is 0.0541. The van der Waals surface area contributed by atoms with E-state index < -0.39 is 0 Å². The number of carbonyl (C=O) groups excluding carboxylic acids is 1. The normalized spacial score (nSPS) is 22.1. The van der Waals surface area contributed by atoms with Crippen LogP contribution in [0.3, 0.4) is 0 Å². The van der Waals surface area contributed by atoms with Gasteiger partial charge < -0.3 is 19.7 Å². The molecule has 0 unspecified atom stereocenters. The van der Waals surface area contributed by atoms with Gasteiger partial charge in [0.15, 0.2) is 0 Å². The van der Waals surface area contributed by atoms with Crippen LogP contribution in [0.25, 0.3) is 0 Å². The van der Waals surface area contributed by atoms with Crippen molar-refractivity contribution in [1.82, 2.24) is 15.1 Å². The zero-order chi connectivity index (χ0) is 20.6. The number of likely N-dealkylation sites (tertiary alicyclic amines) is 1. The van der Waals surface area contributed by atoms with Gasteiger partial charge in [0.25, 0.3) is 0 Å². The predicted octanol–water partition coefficient (Wildman–Crippen LogP) is 3.65. The van der Waals surface area contributed by atoms with Gasteiger partial charge in [-0.2, -0.15) is 0 Å². The Hall–Kier alpha value is -1.79. The van der Waals surface area contributed by atoms with Crippen molar-refractivity contribution in [3.63, 3.8) is 0 Å². The quantitative estimate of drug-likeness (QED) is 0.771. The minimum absolute atomic E-state index is 0.0541. The molecule has 0 radical (unpaired) electrons. The molecule has 1 aromatic rings. The van der Waals surface area contributed by atoms with Crippen molar-refractivity contribution in [3.05, 3.63) is 29.8 Å². The number of carbonyl (C=O) groups is 1. The lowest BCUT2D eigenvalue weighted by atomic mass is 9.96. The van der Waals surface area contributed by atoms with Crippen molar-refractivity contribution < 1.29 is 14.3 Å². The molecule has 1 aromatic carbocycles. The second-order valence-corrected chi connectivity index (χ2v) is 9.03. The first-order chi connectivity index (χ1) is 14.8. The standard InChI is InChI=1S/C24H37N3O3/c28-24(27-11-9-20(10-12-27)19-26-13-15-29-16-14-26)25-18-21-5-4-8-23(17-21)30-22-6-2-1-3-7-22/h4-5,8,17,20,22H,1-3,6-7,9-16,18-19H2,(H,25,28). The highest BCUT2D eigenvalue weighted by molar-refractivity contribution is 5.74. The number of nitrogens with one attached hydrogen (secondary N) is 1. The van der Waals surface area contributed by atoms with Crippen LogP contribution in [0.1, 0.15) is 50.5 Å². The summed E-state index contributed by atoms with van der Waals surface area (Å²) in [5.41, 5.74) is 1.10. The molecular weight excluding hydrogens is 378 g/mol. The molecule has 0 bridgehead atoms. The van der Waals surface area contributed by atoms with Crippen LogP contribution >= 0.6 is 0 Å². The summed E-state index contributed by atoms with van der Waals surface area (Å²) in [5.74, 6) is 1.62. The van der Waals surface area contributed by atoms with Gasteiger partial charge in [0, 0.05) is 39.3 Å². The molecule has 2 aliphatic heterocycles. The number of benzene rings is 1. The van der Waals surface area contributed by atoms with Crippen LogP contribution in [0.4, 0.5) is 4.79 Å². The molecule has 2 saturated heterocycles. The molecule has 2 heterocycles. The summed E-state index contributed by atoms with van der Waals surface area (Å²) in [6.45, 7) is 7.20. The number of hydrogen-bond donors (Lipinski definition) is 1. The molecule has 4 rings (SSSR count). The van der Waals surface area contributed by atoms with Gasteiger partial charge in [-0.1, -0.05) is 18.6 Å². The summed E-state index contributed by atoms with van der Waals surface area (Å²) >= 11 is 0. The first kappa shape index (κ1) is 21.4. The van der Waals surface area contributed by atoms with Crippen LogP contribution in [0, 0.1) is 5.92 Å². The Morgan fingerprint density at radius 1 is 1.03 bits per heavy atom. The van der Waals surface area contributed by atoms with Crippen molar-refractivity contribution in [3.8, 4) is 5.75 Å². The highest BCUT2D eigenvalue weighted by Gasteiger charge is 2.25. The van der Waals surface area contributed by atoms with Crippen LogP contribution in [-0.4, -0.2) is 67.9 Å². The van der Waals surface area contributed by atoms with Crippen LogP contribution < -0.4 is 10.1 Å². The molecule has 0 atom stereocenters. The van der Waals surface area contributed by atoms with E-state index in [1.807, 2.05) is 17.0 Å². The van der Waals surface area contributed by atoms with Crippen molar-refractivity contribution in [2.45, 2.75) is 57.6 Å². The highest BCUT2D eigenvalue weighted by Crippen LogP contribution is 2.24. The Balaban J connectivity index is 1.18. The van der Waals surface area contributed by atoms with Gasteiger partial charge in [0.1, 0.15) is 5.75 Å². The van der Waals surface area contributed by atoms with Crippen LogP contribution in [0.2, 0.25) is 0 Å². The molecule has 0 spiro atoms. The molecule has 6 nitrogen and oxygen atoms in total. The number of hydrogen-bond acceptors (Lipinski definition) is 4. The molecule has 1 saturated carbocycles. The van der Waals surface area contributed by atoms with E-state index in [4.69, 9.17) is 9.47 Å². The maximum Gasteiger partial charge on any atom is 0.317 e. The summed E-state index contributed by atoms with van der Waals surface area (Å²) in [4.78, 5) is 17.1. The molecule has 3 fully saturated rings. The van der Waals surface area contributed by atoms with Gasteiger partial charge in [0.2, 0.25) is 0 Å². The largest absolute Gasteiger partial charge is 0.490 e. The molecule has 30 heavy (non-hydrogen) atoms. The summed E-state index contributed by atoms with van der Waals surface area (Å²) < 4.78 is 11.6. The maximum absolute atomic E-state index is 12.6. The average molecular weight is 416 g/mol. The molecule has 1 aliphatic carbocycles. The molecule has 166 valence electrons. The summed E-state index contributed by atoms with van der Waals surface area (Å²) in [6.07, 6.45) is 8.71. The van der Waals surface area contributed by atoms with Crippen LogP contribution in [0.5, 0.6) is 5.75 Å². The van der Waals surface area contributed by atoms with E-state index in [0.717, 1.165) is 82.9 Å². The van der Waals surface area contributed by atoms with Crippen molar-refractivity contribution >= 4 is 6.03 Å². The Labute approximate surface area is 180 Å². The number of rotatable bonds is 6. The topological polar surface area (TPSA) is 54.0 Å². The van der Waals surface area contributed by atoms with Gasteiger partial charge in [-0.15, -0.1) is 0 Å². The lowest BCUT2D eigenvalue weighted by molar-refractivity contribution is 0.0258. The summed E-state index contributed by atoms with van der Waals surface area (Å²) in [6, 6.07) is 8.24. The monoisotopic (exact) mass is 415 g/mol. The zero-order valence-corrected chi connectivity index (χ0v) is 18.2. The fraction of sp³-hybridized carbons (Fsp3) is 0.708. The van der Waals surface area contributed by atoms with E-state index in [2.05, 4.69) is 22.3 Å². The lowest BCUT2D eigenvalue weighted by Gasteiger charge is -2.36. The third kappa shape index (κ3) is 6.35. The van der Waals surface area contributed by atoms with Gasteiger partial charge in [-0.05, 0) is 62.1 Å². The van der Waals surface area contributed by atoms with Gasteiger partial charge in [0.05, 0.1) is 19.3 Å². The number of nitrogens with zero attached hydrogens (tertiary/aromatic N) is 2. The molecule has 0 aromatic heterocycles. The number of urea groups is 1. The van der Waals surface area contributed by atoms with Crippen molar-refractivity contribution in [1.29, 1.82) is 0 Å². The van der Waals surface area contributed by atoms with E-state index in [-0.39, 0.29) is 6.03 Å². The van der Waals surface area contributed by atoms with E-state index in [9.17, 15) is 4.79 Å².